The molecule has 4 rings (SSSR count). The second-order valence-corrected chi connectivity index (χ2v) is 8.38. The van der Waals surface area contributed by atoms with Gasteiger partial charge in [0.2, 0.25) is 0 Å². The third kappa shape index (κ3) is 4.09. The molecule has 3 aromatic rings. The molecule has 1 fully saturated rings. The normalized spacial score (nSPS) is 15.9. The van der Waals surface area contributed by atoms with Gasteiger partial charge in [0.05, 0.1) is 29.3 Å². The first-order chi connectivity index (χ1) is 15.7. The van der Waals surface area contributed by atoms with Crippen LogP contribution in [0.15, 0.2) is 18.3 Å². The Labute approximate surface area is 192 Å². The zero-order valence-corrected chi connectivity index (χ0v) is 18.5. The monoisotopic (exact) mass is 477 g/mol. The van der Waals surface area contributed by atoms with Gasteiger partial charge < -0.3 is 9.64 Å². The van der Waals surface area contributed by atoms with Gasteiger partial charge in [-0.15, -0.1) is 0 Å². The van der Waals surface area contributed by atoms with E-state index in [4.69, 9.17) is 16.3 Å². The van der Waals surface area contributed by atoms with Crippen molar-refractivity contribution in [2.75, 3.05) is 18.1 Å². The van der Waals surface area contributed by atoms with E-state index in [1.54, 1.807) is 18.7 Å². The molecule has 1 aliphatic rings. The number of ether oxygens (including phenoxy) is 1. The van der Waals surface area contributed by atoms with Gasteiger partial charge in [-0.05, 0) is 12.8 Å². The van der Waals surface area contributed by atoms with Crippen LogP contribution in [0.25, 0.3) is 16.8 Å². The molecule has 11 heteroatoms. The maximum atomic E-state index is 14.8. The molecule has 1 atom stereocenters. The number of carbonyl (C=O) groups is 1. The van der Waals surface area contributed by atoms with E-state index in [2.05, 4.69) is 10.1 Å². The van der Waals surface area contributed by atoms with Crippen molar-refractivity contribution >= 4 is 29.0 Å². The SMILES string of the molecule is CC(C)C(=O)OC[C@@H]1CCCN1c1c(-c2c(F)cc(F)cc2F)c(Cl)nc2c(C#N)cnn12. The predicted molar refractivity (Wildman–Crippen MR) is 114 cm³/mol. The van der Waals surface area contributed by atoms with Gasteiger partial charge in [0.15, 0.2) is 5.65 Å². The summed E-state index contributed by atoms with van der Waals surface area (Å²) in [7, 11) is 0. The number of hydrogen-bond acceptors (Lipinski definition) is 6. The zero-order chi connectivity index (χ0) is 23.9. The lowest BCUT2D eigenvalue weighted by Crippen LogP contribution is -2.36. The largest absolute Gasteiger partial charge is 0.463 e. The number of fused-ring (bicyclic) bond motifs is 1. The molecule has 1 aliphatic heterocycles. The summed E-state index contributed by atoms with van der Waals surface area (Å²) in [6, 6.07) is 2.73. The lowest BCUT2D eigenvalue weighted by molar-refractivity contribution is -0.147. The number of hydrogen-bond donors (Lipinski definition) is 0. The van der Waals surface area contributed by atoms with Crippen molar-refractivity contribution in [3.63, 3.8) is 0 Å². The molecule has 172 valence electrons. The fraction of sp³-hybridized carbons (Fsp3) is 0.364. The molecule has 1 aromatic carbocycles. The molecular formula is C22H19ClF3N5O2. The number of aromatic nitrogens is 3. The number of carbonyl (C=O) groups excluding carboxylic acids is 1. The maximum absolute atomic E-state index is 14.8. The molecule has 0 amide bonds. The van der Waals surface area contributed by atoms with E-state index in [1.165, 1.54) is 10.7 Å². The van der Waals surface area contributed by atoms with E-state index >= 15 is 0 Å². The average Bonchev–Trinajstić information content (AvgIpc) is 3.37. The Morgan fingerprint density at radius 1 is 1.30 bits per heavy atom. The van der Waals surface area contributed by atoms with E-state index in [0.717, 1.165) is 0 Å². The summed E-state index contributed by atoms with van der Waals surface area (Å²) in [5, 5.41) is 13.3. The van der Waals surface area contributed by atoms with Crippen LogP contribution in [0.2, 0.25) is 5.15 Å². The van der Waals surface area contributed by atoms with Crippen LogP contribution in [0, 0.1) is 34.7 Å². The minimum atomic E-state index is -1.16. The summed E-state index contributed by atoms with van der Waals surface area (Å²) in [5.74, 6) is -3.91. The minimum Gasteiger partial charge on any atom is -0.463 e. The van der Waals surface area contributed by atoms with E-state index in [0.29, 0.717) is 31.5 Å². The molecule has 33 heavy (non-hydrogen) atoms. The highest BCUT2D eigenvalue weighted by atomic mass is 35.5. The Hall–Kier alpha value is -3.32. The third-order valence-electron chi connectivity index (χ3n) is 5.49. The van der Waals surface area contributed by atoms with E-state index in [-0.39, 0.29) is 52.3 Å². The summed E-state index contributed by atoms with van der Waals surface area (Å²) in [6.45, 7) is 3.91. The van der Waals surface area contributed by atoms with Crippen molar-refractivity contribution in [2.24, 2.45) is 5.92 Å². The molecule has 0 unspecified atom stereocenters. The smallest absolute Gasteiger partial charge is 0.308 e. The fourth-order valence-corrected chi connectivity index (χ4v) is 4.18. The molecule has 0 bridgehead atoms. The van der Waals surface area contributed by atoms with Gasteiger partial charge in [0.25, 0.3) is 0 Å². The Morgan fingerprint density at radius 3 is 2.64 bits per heavy atom. The van der Waals surface area contributed by atoms with Gasteiger partial charge in [-0.25, -0.2) is 18.2 Å². The molecular weight excluding hydrogens is 459 g/mol. The third-order valence-corrected chi connectivity index (χ3v) is 5.77. The Bertz CT molecular complexity index is 1260. The van der Waals surface area contributed by atoms with Crippen molar-refractivity contribution in [3.8, 4) is 17.2 Å². The number of halogens is 4. The second-order valence-electron chi connectivity index (χ2n) is 8.03. The Morgan fingerprint density at radius 2 is 2.00 bits per heavy atom. The van der Waals surface area contributed by atoms with Crippen molar-refractivity contribution in [2.45, 2.75) is 32.7 Å². The number of rotatable bonds is 5. The average molecular weight is 478 g/mol. The molecule has 7 nitrogen and oxygen atoms in total. The highest BCUT2D eigenvalue weighted by Gasteiger charge is 2.34. The number of nitrogens with zero attached hydrogens (tertiary/aromatic N) is 5. The molecule has 0 aliphatic carbocycles. The zero-order valence-electron chi connectivity index (χ0n) is 17.8. The first-order valence-corrected chi connectivity index (χ1v) is 10.7. The van der Waals surface area contributed by atoms with Crippen LogP contribution in [-0.2, 0) is 9.53 Å². The summed E-state index contributed by atoms with van der Waals surface area (Å²) in [5.41, 5.74) is -0.473. The van der Waals surface area contributed by atoms with Gasteiger partial charge in [-0.2, -0.15) is 14.9 Å². The van der Waals surface area contributed by atoms with Crippen molar-refractivity contribution in [1.29, 1.82) is 5.26 Å². The van der Waals surface area contributed by atoms with Crippen molar-refractivity contribution in [3.05, 3.63) is 46.5 Å². The molecule has 0 N–H and O–H groups in total. The van der Waals surface area contributed by atoms with Gasteiger partial charge in [-0.3, -0.25) is 4.79 Å². The summed E-state index contributed by atoms with van der Waals surface area (Å²) < 4.78 is 49.9. The number of anilines is 1. The van der Waals surface area contributed by atoms with Crippen LogP contribution in [0.5, 0.6) is 0 Å². The van der Waals surface area contributed by atoms with Crippen molar-refractivity contribution < 1.29 is 22.7 Å². The maximum Gasteiger partial charge on any atom is 0.308 e. The standard InChI is InChI=1S/C22H19ClF3N5O2/c1-11(2)22(32)33-10-14-4-3-5-30(14)21-18(17-15(25)6-13(24)7-16(17)26)19(23)29-20-12(8-27)9-28-31(20)21/h6-7,9,11,14H,3-5,10H2,1-2H3/t14-/m0/s1. The highest BCUT2D eigenvalue weighted by Crippen LogP contribution is 2.42. The second kappa shape index (κ2) is 8.90. The fourth-order valence-electron chi connectivity index (χ4n) is 3.92. The molecule has 0 radical (unpaired) electrons. The summed E-state index contributed by atoms with van der Waals surface area (Å²) in [4.78, 5) is 17.9. The lowest BCUT2D eigenvalue weighted by Gasteiger charge is -2.29. The van der Waals surface area contributed by atoms with Crippen LogP contribution in [0.1, 0.15) is 32.3 Å². The van der Waals surface area contributed by atoms with Crippen LogP contribution >= 0.6 is 11.6 Å². The Balaban J connectivity index is 1.93. The van der Waals surface area contributed by atoms with Crippen LogP contribution < -0.4 is 4.90 Å². The molecule has 1 saturated heterocycles. The van der Waals surface area contributed by atoms with Gasteiger partial charge in [-0.1, -0.05) is 25.4 Å². The lowest BCUT2D eigenvalue weighted by atomic mass is 10.1. The highest BCUT2D eigenvalue weighted by molar-refractivity contribution is 6.33. The first kappa shape index (κ1) is 22.9. The summed E-state index contributed by atoms with van der Waals surface area (Å²) in [6.07, 6.45) is 2.60. The van der Waals surface area contributed by atoms with Gasteiger partial charge in [0.1, 0.15) is 46.7 Å². The van der Waals surface area contributed by atoms with Crippen LogP contribution in [-0.4, -0.2) is 39.8 Å². The van der Waals surface area contributed by atoms with Crippen LogP contribution in [0.3, 0.4) is 0 Å². The molecule has 0 saturated carbocycles. The van der Waals surface area contributed by atoms with Gasteiger partial charge >= 0.3 is 5.97 Å². The van der Waals surface area contributed by atoms with E-state index in [1.807, 2.05) is 6.07 Å². The van der Waals surface area contributed by atoms with Crippen molar-refractivity contribution in [1.82, 2.24) is 14.6 Å². The quantitative estimate of drug-likeness (QED) is 0.397. The molecule has 0 spiro atoms. The topological polar surface area (TPSA) is 83.5 Å². The predicted octanol–water partition coefficient (Wildman–Crippen LogP) is 4.51. The number of esters is 1. The number of nitriles is 1. The molecule has 2 aromatic heterocycles. The minimum absolute atomic E-state index is 0.0403. The van der Waals surface area contributed by atoms with E-state index in [9.17, 15) is 23.2 Å². The number of benzene rings is 1. The van der Waals surface area contributed by atoms with E-state index < -0.39 is 23.0 Å². The first-order valence-electron chi connectivity index (χ1n) is 10.3. The van der Waals surface area contributed by atoms with Crippen LogP contribution in [0.4, 0.5) is 19.0 Å². The summed E-state index contributed by atoms with van der Waals surface area (Å²) >= 11 is 6.41. The van der Waals surface area contributed by atoms with Gasteiger partial charge in [0, 0.05) is 18.7 Å². The Kier molecular flexibility index (Phi) is 6.17. The molecule has 3 heterocycles.